The zero-order chi connectivity index (χ0) is 13.0. The summed E-state index contributed by atoms with van der Waals surface area (Å²) in [6.45, 7) is 2.01. The van der Waals surface area contributed by atoms with E-state index in [1.54, 1.807) is 6.08 Å². The molecule has 3 nitrogen and oxygen atoms in total. The van der Waals surface area contributed by atoms with E-state index in [4.69, 9.17) is 9.47 Å². The Kier molecular flexibility index (Phi) is 4.81. The predicted octanol–water partition coefficient (Wildman–Crippen LogP) is 3.23. The first-order chi connectivity index (χ1) is 8.67. The fourth-order valence-corrected chi connectivity index (χ4v) is 3.10. The summed E-state index contributed by atoms with van der Waals surface area (Å²) in [5.41, 5.74) is 1.15. The van der Waals surface area contributed by atoms with Crippen molar-refractivity contribution in [1.29, 1.82) is 0 Å². The molecule has 18 heavy (non-hydrogen) atoms. The van der Waals surface area contributed by atoms with Gasteiger partial charge in [0.05, 0.1) is 6.10 Å². The number of ether oxygens (including phenoxy) is 2. The lowest BCUT2D eigenvalue weighted by molar-refractivity contribution is -0.144. The quantitative estimate of drug-likeness (QED) is 0.721. The van der Waals surface area contributed by atoms with Crippen LogP contribution in [0.5, 0.6) is 0 Å². The van der Waals surface area contributed by atoms with E-state index in [0.717, 1.165) is 24.3 Å². The van der Waals surface area contributed by atoms with Gasteiger partial charge in [-0.15, -0.1) is 0 Å². The molecule has 1 atom stereocenters. The van der Waals surface area contributed by atoms with Crippen LogP contribution in [0.3, 0.4) is 0 Å². The highest BCUT2D eigenvalue weighted by atomic mass is 16.5. The summed E-state index contributed by atoms with van der Waals surface area (Å²) in [4.78, 5) is 11.3. The standard InChI is InChI=1S/C15H24O3/c1-11-9-14(18-15(16)10-11)8-5-12-3-6-13(17-2)7-4-12/h10,12-14H,3-9H2,1-2H3. The SMILES string of the molecule is COC1CCC(CCC2CC(C)=CC(=O)O2)CC1. The Morgan fingerprint density at radius 2 is 2.00 bits per heavy atom. The summed E-state index contributed by atoms with van der Waals surface area (Å²) < 4.78 is 10.7. The van der Waals surface area contributed by atoms with Crippen LogP contribution in [0.25, 0.3) is 0 Å². The molecule has 1 saturated carbocycles. The highest BCUT2D eigenvalue weighted by Gasteiger charge is 2.24. The van der Waals surface area contributed by atoms with Gasteiger partial charge < -0.3 is 9.47 Å². The summed E-state index contributed by atoms with van der Waals surface area (Å²) >= 11 is 0. The van der Waals surface area contributed by atoms with E-state index in [1.807, 2.05) is 14.0 Å². The second-order valence-electron chi connectivity index (χ2n) is 5.71. The maximum Gasteiger partial charge on any atom is 0.330 e. The number of methoxy groups -OCH3 is 1. The van der Waals surface area contributed by atoms with Crippen molar-refractivity contribution in [3.05, 3.63) is 11.6 Å². The summed E-state index contributed by atoms with van der Waals surface area (Å²) in [5.74, 6) is 0.633. The molecule has 102 valence electrons. The Labute approximate surface area is 110 Å². The van der Waals surface area contributed by atoms with Crippen LogP contribution < -0.4 is 0 Å². The maximum absolute atomic E-state index is 11.3. The molecule has 0 aromatic heterocycles. The van der Waals surface area contributed by atoms with Crippen molar-refractivity contribution >= 4 is 5.97 Å². The fourth-order valence-electron chi connectivity index (χ4n) is 3.10. The Bertz CT molecular complexity index is 314. The molecule has 1 fully saturated rings. The van der Waals surface area contributed by atoms with E-state index in [9.17, 15) is 4.79 Å². The number of hydrogen-bond donors (Lipinski definition) is 0. The molecule has 0 aromatic rings. The van der Waals surface area contributed by atoms with Crippen molar-refractivity contribution in [2.45, 2.75) is 64.1 Å². The Balaban J connectivity index is 1.69. The molecule has 0 spiro atoms. The molecule has 0 amide bonds. The molecule has 0 radical (unpaired) electrons. The minimum atomic E-state index is -0.160. The molecule has 0 aromatic carbocycles. The van der Waals surface area contributed by atoms with Gasteiger partial charge >= 0.3 is 5.97 Å². The molecular weight excluding hydrogens is 228 g/mol. The molecule has 0 saturated heterocycles. The van der Waals surface area contributed by atoms with E-state index in [2.05, 4.69) is 0 Å². The van der Waals surface area contributed by atoms with E-state index in [1.165, 1.54) is 32.1 Å². The van der Waals surface area contributed by atoms with Crippen LogP contribution in [-0.4, -0.2) is 25.3 Å². The minimum Gasteiger partial charge on any atom is -0.459 e. The van der Waals surface area contributed by atoms with Crippen LogP contribution in [0.15, 0.2) is 11.6 Å². The molecule has 0 N–H and O–H groups in total. The van der Waals surface area contributed by atoms with Crippen LogP contribution in [0.1, 0.15) is 51.9 Å². The minimum absolute atomic E-state index is 0.114. The molecule has 1 aliphatic heterocycles. The van der Waals surface area contributed by atoms with Gasteiger partial charge in [-0.25, -0.2) is 4.79 Å². The van der Waals surface area contributed by atoms with Gasteiger partial charge in [-0.2, -0.15) is 0 Å². The zero-order valence-corrected chi connectivity index (χ0v) is 11.5. The first-order valence-corrected chi connectivity index (χ1v) is 7.08. The maximum atomic E-state index is 11.3. The summed E-state index contributed by atoms with van der Waals surface area (Å²) in [7, 11) is 1.81. The number of hydrogen-bond acceptors (Lipinski definition) is 3. The number of cyclic esters (lactones) is 1. The van der Waals surface area contributed by atoms with Gasteiger partial charge in [0, 0.05) is 19.6 Å². The lowest BCUT2D eigenvalue weighted by Gasteiger charge is -2.29. The van der Waals surface area contributed by atoms with E-state index >= 15 is 0 Å². The van der Waals surface area contributed by atoms with Gasteiger partial charge in [-0.3, -0.25) is 0 Å². The van der Waals surface area contributed by atoms with Gasteiger partial charge in [0.15, 0.2) is 0 Å². The van der Waals surface area contributed by atoms with Crippen LogP contribution in [0.4, 0.5) is 0 Å². The largest absolute Gasteiger partial charge is 0.459 e. The van der Waals surface area contributed by atoms with Gasteiger partial charge in [-0.05, 0) is 51.4 Å². The van der Waals surface area contributed by atoms with Crippen LogP contribution in [-0.2, 0) is 14.3 Å². The second kappa shape index (κ2) is 6.37. The fraction of sp³-hybridized carbons (Fsp3) is 0.800. The van der Waals surface area contributed by atoms with Crippen LogP contribution in [0, 0.1) is 5.92 Å². The number of carbonyl (C=O) groups is 1. The molecule has 1 heterocycles. The number of esters is 1. The predicted molar refractivity (Wildman–Crippen MR) is 70.2 cm³/mol. The van der Waals surface area contributed by atoms with Crippen LogP contribution >= 0.6 is 0 Å². The van der Waals surface area contributed by atoms with Crippen molar-refractivity contribution in [3.63, 3.8) is 0 Å². The topological polar surface area (TPSA) is 35.5 Å². The van der Waals surface area contributed by atoms with Crippen molar-refractivity contribution in [3.8, 4) is 0 Å². The van der Waals surface area contributed by atoms with Crippen molar-refractivity contribution in [1.82, 2.24) is 0 Å². The zero-order valence-electron chi connectivity index (χ0n) is 11.5. The van der Waals surface area contributed by atoms with Gasteiger partial charge in [0.25, 0.3) is 0 Å². The third kappa shape index (κ3) is 3.84. The van der Waals surface area contributed by atoms with Crippen molar-refractivity contribution < 1.29 is 14.3 Å². The molecule has 2 rings (SSSR count). The Morgan fingerprint density at radius 3 is 2.61 bits per heavy atom. The first kappa shape index (κ1) is 13.6. The normalized spacial score (nSPS) is 32.9. The van der Waals surface area contributed by atoms with Gasteiger partial charge in [0.2, 0.25) is 0 Å². The highest BCUT2D eigenvalue weighted by Crippen LogP contribution is 2.31. The van der Waals surface area contributed by atoms with Crippen LogP contribution in [0.2, 0.25) is 0 Å². The van der Waals surface area contributed by atoms with E-state index < -0.39 is 0 Å². The molecule has 1 aliphatic carbocycles. The smallest absolute Gasteiger partial charge is 0.330 e. The summed E-state index contributed by atoms with van der Waals surface area (Å²) in [6.07, 6.45) is 10.2. The van der Waals surface area contributed by atoms with Crippen molar-refractivity contribution in [2.75, 3.05) is 7.11 Å². The highest BCUT2D eigenvalue weighted by molar-refractivity contribution is 5.83. The molecule has 3 heteroatoms. The molecule has 0 bridgehead atoms. The first-order valence-electron chi connectivity index (χ1n) is 7.08. The van der Waals surface area contributed by atoms with E-state index in [-0.39, 0.29) is 12.1 Å². The third-order valence-electron chi connectivity index (χ3n) is 4.22. The lowest BCUT2D eigenvalue weighted by Crippen LogP contribution is -2.25. The summed E-state index contributed by atoms with van der Waals surface area (Å²) in [5, 5.41) is 0. The monoisotopic (exact) mass is 252 g/mol. The molecule has 1 unspecified atom stereocenters. The third-order valence-corrected chi connectivity index (χ3v) is 4.22. The lowest BCUT2D eigenvalue weighted by atomic mass is 9.83. The van der Waals surface area contributed by atoms with E-state index in [0.29, 0.717) is 6.10 Å². The van der Waals surface area contributed by atoms with Crippen molar-refractivity contribution in [2.24, 2.45) is 5.92 Å². The average molecular weight is 252 g/mol. The average Bonchev–Trinajstić information content (AvgIpc) is 2.36. The van der Waals surface area contributed by atoms with Gasteiger partial charge in [0.1, 0.15) is 6.10 Å². The molecular formula is C15H24O3. The Morgan fingerprint density at radius 1 is 1.28 bits per heavy atom. The number of rotatable bonds is 4. The Hall–Kier alpha value is -0.830. The molecule has 2 aliphatic rings. The number of carbonyl (C=O) groups excluding carboxylic acids is 1. The second-order valence-corrected chi connectivity index (χ2v) is 5.71. The summed E-state index contributed by atoms with van der Waals surface area (Å²) in [6, 6.07) is 0. The van der Waals surface area contributed by atoms with Gasteiger partial charge in [-0.1, -0.05) is 5.57 Å².